The molecule has 156 valence electrons. The van der Waals surface area contributed by atoms with Crippen LogP contribution in [0.4, 0.5) is 5.69 Å². The fourth-order valence-corrected chi connectivity index (χ4v) is 3.65. The lowest BCUT2D eigenvalue weighted by molar-refractivity contribution is 0.0954. The Morgan fingerprint density at radius 3 is 2.28 bits per heavy atom. The van der Waals surface area contributed by atoms with Crippen LogP contribution < -0.4 is 9.73 Å². The van der Waals surface area contributed by atoms with Crippen molar-refractivity contribution in [3.63, 3.8) is 0 Å². The number of carbonyl (C=O) groups excluding carboxylic acids is 1. The molecular weight excluding hydrogens is 410 g/mol. The second-order valence-electron chi connectivity index (χ2n) is 6.83. The van der Waals surface area contributed by atoms with Crippen molar-refractivity contribution in [3.8, 4) is 0 Å². The van der Waals surface area contributed by atoms with Gasteiger partial charge in [-0.1, -0.05) is 37.1 Å². The predicted octanol–water partition coefficient (Wildman–Crippen LogP) is 4.60. The number of unbranched alkanes of at least 4 members (excludes halogenated alkanes) is 1. The molecule has 1 N–H and O–H groups in total. The summed E-state index contributed by atoms with van der Waals surface area (Å²) in [5.74, 6) is -0.337. The molecule has 0 spiro atoms. The Hall–Kier alpha value is -2.38. The van der Waals surface area contributed by atoms with Crippen molar-refractivity contribution in [3.05, 3.63) is 64.7 Å². The molecule has 2 aromatic carbocycles. The summed E-state index contributed by atoms with van der Waals surface area (Å²) in [5, 5.41) is 4.68. The molecule has 0 aliphatic carbocycles. The van der Waals surface area contributed by atoms with Crippen LogP contribution in [0.5, 0.6) is 0 Å². The van der Waals surface area contributed by atoms with Crippen LogP contribution in [0.25, 0.3) is 0 Å². The number of hydrogen-bond acceptors (Lipinski definition) is 4. The number of anilines is 1. The summed E-state index contributed by atoms with van der Waals surface area (Å²) < 4.78 is 25.9. The van der Waals surface area contributed by atoms with Gasteiger partial charge in [0.2, 0.25) is 10.0 Å². The molecule has 0 saturated heterocycles. The summed E-state index contributed by atoms with van der Waals surface area (Å²) in [4.78, 5) is 12.3. The van der Waals surface area contributed by atoms with Gasteiger partial charge in [-0.05, 0) is 61.7 Å². The first-order chi connectivity index (χ1) is 13.7. The van der Waals surface area contributed by atoms with Gasteiger partial charge in [0, 0.05) is 16.3 Å². The van der Waals surface area contributed by atoms with Gasteiger partial charge in [0.05, 0.1) is 18.5 Å². The Morgan fingerprint density at radius 2 is 1.72 bits per heavy atom. The zero-order valence-corrected chi connectivity index (χ0v) is 18.4. The van der Waals surface area contributed by atoms with Crippen molar-refractivity contribution in [2.75, 3.05) is 10.6 Å². The van der Waals surface area contributed by atoms with Crippen LogP contribution in [0.15, 0.2) is 53.6 Å². The average molecular weight is 436 g/mol. The van der Waals surface area contributed by atoms with Gasteiger partial charge in [-0.25, -0.2) is 13.8 Å². The summed E-state index contributed by atoms with van der Waals surface area (Å²) in [6.07, 6.45) is 4.07. The lowest BCUT2D eigenvalue weighted by Gasteiger charge is -2.22. The first kappa shape index (κ1) is 22.9. The highest BCUT2D eigenvalue weighted by molar-refractivity contribution is 7.92. The molecule has 0 aliphatic heterocycles. The van der Waals surface area contributed by atoms with Crippen LogP contribution >= 0.6 is 11.6 Å². The van der Waals surface area contributed by atoms with Gasteiger partial charge in [-0.2, -0.15) is 5.10 Å². The molecule has 0 fully saturated rings. The number of carbonyl (C=O) groups is 1. The summed E-state index contributed by atoms with van der Waals surface area (Å²) in [7, 11) is -3.51. The smallest absolute Gasteiger partial charge is 0.267 e. The van der Waals surface area contributed by atoms with Crippen LogP contribution in [0, 0.1) is 0 Å². The minimum atomic E-state index is -3.51. The van der Waals surface area contributed by atoms with Crippen molar-refractivity contribution >= 4 is 38.9 Å². The molecule has 0 bridgehead atoms. The van der Waals surface area contributed by atoms with Crippen LogP contribution in [0.3, 0.4) is 0 Å². The maximum Gasteiger partial charge on any atom is 0.271 e. The summed E-state index contributed by atoms with van der Waals surface area (Å²) >= 11 is 5.89. The van der Waals surface area contributed by atoms with Gasteiger partial charge < -0.3 is 0 Å². The second-order valence-corrected chi connectivity index (χ2v) is 9.18. The van der Waals surface area contributed by atoms with Gasteiger partial charge in [0.25, 0.3) is 5.91 Å². The second kappa shape index (κ2) is 10.4. The molecule has 2 aromatic rings. The molecule has 6 nitrogen and oxygen atoms in total. The van der Waals surface area contributed by atoms with Gasteiger partial charge >= 0.3 is 0 Å². The molecule has 29 heavy (non-hydrogen) atoms. The number of nitrogens with one attached hydrogen (secondary N) is 1. The Kier molecular flexibility index (Phi) is 8.22. The monoisotopic (exact) mass is 435 g/mol. The maximum absolute atomic E-state index is 12.3. The third-order valence-corrected chi connectivity index (χ3v) is 5.69. The number of sulfonamides is 1. The largest absolute Gasteiger partial charge is 0.271 e. The number of rotatable bonds is 9. The minimum absolute atomic E-state index is 0.169. The van der Waals surface area contributed by atoms with E-state index in [9.17, 15) is 13.2 Å². The summed E-state index contributed by atoms with van der Waals surface area (Å²) in [6, 6.07) is 13.4. The van der Waals surface area contributed by atoms with Crippen LogP contribution in [0.2, 0.25) is 5.02 Å². The number of hydrazone groups is 1. The first-order valence-electron chi connectivity index (χ1n) is 9.36. The van der Waals surface area contributed by atoms with E-state index in [1.807, 2.05) is 6.92 Å². The number of nitrogens with zero attached hydrogens (tertiary/aromatic N) is 2. The quantitative estimate of drug-likeness (QED) is 0.461. The molecule has 1 amide bonds. The third-order valence-electron chi connectivity index (χ3n) is 4.30. The van der Waals surface area contributed by atoms with Crippen molar-refractivity contribution in [2.45, 2.75) is 39.7 Å². The van der Waals surface area contributed by atoms with Gasteiger partial charge in [-0.3, -0.25) is 9.10 Å². The summed E-state index contributed by atoms with van der Waals surface area (Å²) in [6.45, 7) is 4.14. The van der Waals surface area contributed by atoms with E-state index in [0.717, 1.165) is 36.8 Å². The zero-order valence-electron chi connectivity index (χ0n) is 16.9. The van der Waals surface area contributed by atoms with Crippen LogP contribution in [0.1, 0.15) is 49.0 Å². The normalized spacial score (nSPS) is 11.9. The van der Waals surface area contributed by atoms with Crippen molar-refractivity contribution in [2.24, 2.45) is 5.10 Å². The zero-order chi connectivity index (χ0) is 21.4. The molecule has 2 rings (SSSR count). The number of hydrogen-bond donors (Lipinski definition) is 1. The molecule has 0 atom stereocenters. The van der Waals surface area contributed by atoms with E-state index in [-0.39, 0.29) is 12.5 Å². The Labute approximate surface area is 177 Å². The minimum Gasteiger partial charge on any atom is -0.267 e. The molecule has 0 radical (unpaired) electrons. The van der Waals surface area contributed by atoms with E-state index in [1.54, 1.807) is 48.5 Å². The molecule has 8 heteroatoms. The van der Waals surface area contributed by atoms with Crippen LogP contribution in [-0.4, -0.2) is 26.3 Å². The van der Waals surface area contributed by atoms with E-state index in [0.29, 0.717) is 16.3 Å². The Balaban J connectivity index is 2.14. The van der Waals surface area contributed by atoms with Gasteiger partial charge in [-0.15, -0.1) is 0 Å². The SMILES string of the molecule is CCCC/C(C)=N\NC(=O)c1ccc(N(Cc2ccc(Cl)cc2)S(C)(=O)=O)cc1. The average Bonchev–Trinajstić information content (AvgIpc) is 2.69. The Bertz CT molecular complexity index is 956. The van der Waals surface area contributed by atoms with Crippen molar-refractivity contribution < 1.29 is 13.2 Å². The molecule has 0 aromatic heterocycles. The maximum atomic E-state index is 12.3. The van der Waals surface area contributed by atoms with E-state index >= 15 is 0 Å². The molecule has 0 unspecified atom stereocenters. The lowest BCUT2D eigenvalue weighted by Crippen LogP contribution is -2.29. The van der Waals surface area contributed by atoms with Gasteiger partial charge in [0.15, 0.2) is 0 Å². The standard InChI is InChI=1S/C21H26ClN3O3S/c1-4-5-6-16(2)23-24-21(26)18-9-13-20(14-10-18)25(29(3,27)28)15-17-7-11-19(22)12-8-17/h7-14H,4-6,15H2,1-3H3,(H,24,26)/b23-16-. The van der Waals surface area contributed by atoms with Crippen molar-refractivity contribution in [1.82, 2.24) is 5.43 Å². The van der Waals surface area contributed by atoms with E-state index in [1.165, 1.54) is 4.31 Å². The van der Waals surface area contributed by atoms with Gasteiger partial charge in [0.1, 0.15) is 0 Å². The first-order valence-corrected chi connectivity index (χ1v) is 11.6. The van der Waals surface area contributed by atoms with E-state index in [2.05, 4.69) is 17.5 Å². The van der Waals surface area contributed by atoms with Crippen molar-refractivity contribution in [1.29, 1.82) is 0 Å². The number of halogens is 1. The molecule has 0 aliphatic rings. The summed E-state index contributed by atoms with van der Waals surface area (Å²) in [5.41, 5.74) is 5.08. The molecular formula is C21H26ClN3O3S. The topological polar surface area (TPSA) is 78.8 Å². The van der Waals surface area contributed by atoms with E-state index in [4.69, 9.17) is 11.6 Å². The van der Waals surface area contributed by atoms with E-state index < -0.39 is 10.0 Å². The highest BCUT2D eigenvalue weighted by atomic mass is 35.5. The Morgan fingerprint density at radius 1 is 1.10 bits per heavy atom. The number of amides is 1. The highest BCUT2D eigenvalue weighted by Gasteiger charge is 2.18. The number of benzene rings is 2. The lowest BCUT2D eigenvalue weighted by atomic mass is 10.2. The predicted molar refractivity (Wildman–Crippen MR) is 119 cm³/mol. The highest BCUT2D eigenvalue weighted by Crippen LogP contribution is 2.22. The fraction of sp³-hybridized carbons (Fsp3) is 0.333. The molecule has 0 heterocycles. The third kappa shape index (κ3) is 7.18. The van der Waals surface area contributed by atoms with Crippen LogP contribution in [-0.2, 0) is 16.6 Å². The fourth-order valence-electron chi connectivity index (χ4n) is 2.63. The molecule has 0 saturated carbocycles.